The van der Waals surface area contributed by atoms with E-state index in [0.717, 1.165) is 17.3 Å². The first kappa shape index (κ1) is 11.6. The van der Waals surface area contributed by atoms with E-state index in [1.165, 1.54) is 6.07 Å². The quantitative estimate of drug-likeness (QED) is 0.850. The molecule has 88 valence electrons. The Bertz CT molecular complexity index is 483. The molecule has 0 saturated carbocycles. The lowest BCUT2D eigenvalue weighted by molar-refractivity contribution is 0.507. The molecule has 2 rings (SSSR count). The summed E-state index contributed by atoms with van der Waals surface area (Å²) in [6.45, 7) is 0.690. The zero-order valence-corrected chi connectivity index (χ0v) is 9.29. The summed E-state index contributed by atoms with van der Waals surface area (Å²) in [7, 11) is 0. The average Bonchev–Trinajstić information content (AvgIpc) is 2.35. The SMILES string of the molecule is Fc1ccc(CCNc2ccccc2)cc1F. The second-order valence-electron chi connectivity index (χ2n) is 3.79. The van der Waals surface area contributed by atoms with Gasteiger partial charge < -0.3 is 5.32 Å². The molecule has 2 aromatic carbocycles. The summed E-state index contributed by atoms with van der Waals surface area (Å²) in [5.41, 5.74) is 1.81. The molecule has 0 unspecified atom stereocenters. The summed E-state index contributed by atoms with van der Waals surface area (Å²) in [5.74, 6) is -1.59. The van der Waals surface area contributed by atoms with Crippen LogP contribution in [0.1, 0.15) is 5.56 Å². The fourth-order valence-electron chi connectivity index (χ4n) is 1.60. The summed E-state index contributed by atoms with van der Waals surface area (Å²) in [4.78, 5) is 0. The fourth-order valence-corrected chi connectivity index (χ4v) is 1.60. The molecule has 0 bridgehead atoms. The molecule has 1 nitrogen and oxygen atoms in total. The molecular formula is C14H13F2N. The van der Waals surface area contributed by atoms with Gasteiger partial charge in [0.1, 0.15) is 0 Å². The van der Waals surface area contributed by atoms with Gasteiger partial charge in [0.2, 0.25) is 0 Å². The second kappa shape index (κ2) is 5.43. The molecule has 0 amide bonds. The number of anilines is 1. The highest BCUT2D eigenvalue weighted by Crippen LogP contribution is 2.10. The van der Waals surface area contributed by atoms with Gasteiger partial charge in [-0.2, -0.15) is 0 Å². The lowest BCUT2D eigenvalue weighted by Gasteiger charge is -2.06. The van der Waals surface area contributed by atoms with Gasteiger partial charge in [-0.05, 0) is 36.2 Å². The first-order valence-corrected chi connectivity index (χ1v) is 5.48. The van der Waals surface area contributed by atoms with Gasteiger partial charge in [-0.1, -0.05) is 24.3 Å². The molecule has 2 aromatic rings. The van der Waals surface area contributed by atoms with Crippen LogP contribution in [0.3, 0.4) is 0 Å². The summed E-state index contributed by atoms with van der Waals surface area (Å²) in [5, 5.41) is 3.21. The van der Waals surface area contributed by atoms with Crippen molar-refractivity contribution in [1.82, 2.24) is 0 Å². The van der Waals surface area contributed by atoms with Gasteiger partial charge in [-0.15, -0.1) is 0 Å². The monoisotopic (exact) mass is 233 g/mol. The molecule has 0 saturated heterocycles. The number of para-hydroxylation sites is 1. The highest BCUT2D eigenvalue weighted by molar-refractivity contribution is 5.42. The van der Waals surface area contributed by atoms with E-state index in [9.17, 15) is 8.78 Å². The molecule has 1 N–H and O–H groups in total. The minimum absolute atomic E-state index is 0.659. The van der Waals surface area contributed by atoms with Crippen molar-refractivity contribution >= 4 is 5.69 Å². The lowest BCUT2D eigenvalue weighted by Crippen LogP contribution is -2.05. The molecule has 0 aliphatic heterocycles. The van der Waals surface area contributed by atoms with Gasteiger partial charge in [0, 0.05) is 12.2 Å². The maximum Gasteiger partial charge on any atom is 0.159 e. The Morgan fingerprint density at radius 1 is 0.882 bits per heavy atom. The first-order valence-electron chi connectivity index (χ1n) is 5.48. The molecule has 0 aromatic heterocycles. The van der Waals surface area contributed by atoms with Crippen LogP contribution >= 0.6 is 0 Å². The number of rotatable bonds is 4. The minimum Gasteiger partial charge on any atom is -0.385 e. The van der Waals surface area contributed by atoms with Gasteiger partial charge in [0.05, 0.1) is 0 Å². The van der Waals surface area contributed by atoms with Crippen molar-refractivity contribution in [3.8, 4) is 0 Å². The summed E-state index contributed by atoms with van der Waals surface area (Å²) in [6, 6.07) is 13.8. The van der Waals surface area contributed by atoms with E-state index >= 15 is 0 Å². The zero-order chi connectivity index (χ0) is 12.1. The topological polar surface area (TPSA) is 12.0 Å². The van der Waals surface area contributed by atoms with Gasteiger partial charge in [0.15, 0.2) is 11.6 Å². The van der Waals surface area contributed by atoms with Crippen LogP contribution in [-0.2, 0) is 6.42 Å². The Kier molecular flexibility index (Phi) is 3.70. The molecule has 0 atom stereocenters. The van der Waals surface area contributed by atoms with Gasteiger partial charge in [-0.25, -0.2) is 8.78 Å². The smallest absolute Gasteiger partial charge is 0.159 e. The Balaban J connectivity index is 1.88. The van der Waals surface area contributed by atoms with Crippen LogP contribution < -0.4 is 5.32 Å². The third kappa shape index (κ3) is 3.28. The molecule has 0 spiro atoms. The minimum atomic E-state index is -0.801. The van der Waals surface area contributed by atoms with Crippen molar-refractivity contribution in [3.05, 3.63) is 65.7 Å². The van der Waals surface area contributed by atoms with E-state index in [4.69, 9.17) is 0 Å². The van der Waals surface area contributed by atoms with Crippen LogP contribution in [0.5, 0.6) is 0 Å². The Morgan fingerprint density at radius 3 is 2.35 bits per heavy atom. The van der Waals surface area contributed by atoms with Crippen molar-refractivity contribution in [1.29, 1.82) is 0 Å². The maximum atomic E-state index is 12.9. The van der Waals surface area contributed by atoms with E-state index in [1.807, 2.05) is 30.3 Å². The highest BCUT2D eigenvalue weighted by atomic mass is 19.2. The maximum absolute atomic E-state index is 12.9. The number of nitrogens with one attached hydrogen (secondary N) is 1. The van der Waals surface area contributed by atoms with Crippen LogP contribution in [0.25, 0.3) is 0 Å². The third-order valence-electron chi connectivity index (χ3n) is 2.50. The third-order valence-corrected chi connectivity index (χ3v) is 2.50. The number of benzene rings is 2. The molecule has 17 heavy (non-hydrogen) atoms. The Labute approximate surface area is 99.1 Å². The fraction of sp³-hybridized carbons (Fsp3) is 0.143. The predicted molar refractivity (Wildman–Crippen MR) is 65.0 cm³/mol. The molecule has 3 heteroatoms. The Morgan fingerprint density at radius 2 is 1.65 bits per heavy atom. The molecule has 0 fully saturated rings. The number of hydrogen-bond acceptors (Lipinski definition) is 1. The van der Waals surface area contributed by atoms with Crippen LogP contribution in [0.15, 0.2) is 48.5 Å². The number of halogens is 2. The van der Waals surface area contributed by atoms with Crippen LogP contribution in [0.2, 0.25) is 0 Å². The standard InChI is InChI=1S/C14H13F2N/c15-13-7-6-11(10-14(13)16)8-9-17-12-4-2-1-3-5-12/h1-7,10,17H,8-9H2. The largest absolute Gasteiger partial charge is 0.385 e. The van der Waals surface area contributed by atoms with E-state index < -0.39 is 11.6 Å². The van der Waals surface area contributed by atoms with E-state index in [2.05, 4.69) is 5.32 Å². The molecule has 0 radical (unpaired) electrons. The van der Waals surface area contributed by atoms with Crippen molar-refractivity contribution < 1.29 is 8.78 Å². The average molecular weight is 233 g/mol. The van der Waals surface area contributed by atoms with Crippen LogP contribution in [-0.4, -0.2) is 6.54 Å². The van der Waals surface area contributed by atoms with E-state index in [1.54, 1.807) is 6.07 Å². The second-order valence-corrected chi connectivity index (χ2v) is 3.79. The molecule has 0 heterocycles. The summed E-state index contributed by atoms with van der Waals surface area (Å²) in [6.07, 6.45) is 0.659. The molecule has 0 aliphatic carbocycles. The lowest BCUT2D eigenvalue weighted by atomic mass is 10.1. The van der Waals surface area contributed by atoms with Crippen LogP contribution in [0.4, 0.5) is 14.5 Å². The molecule has 0 aliphatic rings. The van der Waals surface area contributed by atoms with Crippen molar-refractivity contribution in [2.75, 3.05) is 11.9 Å². The normalized spacial score (nSPS) is 10.2. The zero-order valence-electron chi connectivity index (χ0n) is 9.29. The Hall–Kier alpha value is -1.90. The predicted octanol–water partition coefficient (Wildman–Crippen LogP) is 3.62. The van der Waals surface area contributed by atoms with Gasteiger partial charge in [-0.3, -0.25) is 0 Å². The van der Waals surface area contributed by atoms with Crippen molar-refractivity contribution in [2.45, 2.75) is 6.42 Å². The summed E-state index contributed by atoms with van der Waals surface area (Å²) >= 11 is 0. The highest BCUT2D eigenvalue weighted by Gasteiger charge is 2.01. The van der Waals surface area contributed by atoms with Crippen LogP contribution in [0, 0.1) is 11.6 Å². The van der Waals surface area contributed by atoms with Gasteiger partial charge in [0.25, 0.3) is 0 Å². The molecular weight excluding hydrogens is 220 g/mol. The van der Waals surface area contributed by atoms with Gasteiger partial charge >= 0.3 is 0 Å². The van der Waals surface area contributed by atoms with E-state index in [-0.39, 0.29) is 0 Å². The first-order chi connectivity index (χ1) is 8.25. The van der Waals surface area contributed by atoms with Crippen molar-refractivity contribution in [2.24, 2.45) is 0 Å². The van der Waals surface area contributed by atoms with E-state index in [0.29, 0.717) is 13.0 Å². The number of hydrogen-bond donors (Lipinski definition) is 1. The van der Waals surface area contributed by atoms with Crippen molar-refractivity contribution in [3.63, 3.8) is 0 Å². The summed E-state index contributed by atoms with van der Waals surface area (Å²) < 4.78 is 25.6.